The lowest BCUT2D eigenvalue weighted by molar-refractivity contribution is -0.137. The summed E-state index contributed by atoms with van der Waals surface area (Å²) in [5.74, 6) is -1.86. The predicted octanol–water partition coefficient (Wildman–Crippen LogP) is -0.653. The second-order valence-electron chi connectivity index (χ2n) is 8.10. The highest BCUT2D eigenvalue weighted by Crippen LogP contribution is 2.34. The average molecular weight is 424 g/mol. The molecule has 2 atom stereocenters. The van der Waals surface area contributed by atoms with E-state index in [1.54, 1.807) is 13.8 Å². The average Bonchev–Trinajstić information content (AvgIpc) is 3.21. The Balaban J connectivity index is 1.76. The number of aliphatic imine (C=N–C) groups is 1. The Morgan fingerprint density at radius 1 is 1.31 bits per heavy atom. The Morgan fingerprint density at radius 3 is 2.62 bits per heavy atom. The van der Waals surface area contributed by atoms with Gasteiger partial charge in [0.05, 0.1) is 12.6 Å². The molecule has 11 heteroatoms. The van der Waals surface area contributed by atoms with Crippen molar-refractivity contribution in [2.75, 3.05) is 13.1 Å². The van der Waals surface area contributed by atoms with Gasteiger partial charge in [0.2, 0.25) is 16.9 Å². The number of Topliss-reactive ketones (excluding diaryl/α,β-unsaturated/α-hetero) is 2. The van der Waals surface area contributed by atoms with Crippen LogP contribution < -0.4 is 5.73 Å². The number of rotatable bonds is 5. The van der Waals surface area contributed by atoms with E-state index >= 15 is 0 Å². The van der Waals surface area contributed by atoms with E-state index in [0.29, 0.717) is 0 Å². The van der Waals surface area contributed by atoms with Gasteiger partial charge in [0.25, 0.3) is 10.0 Å². The highest BCUT2D eigenvalue weighted by atomic mass is 32.2. The number of fused-ring (bicyclic) bond motifs is 1. The first-order chi connectivity index (χ1) is 13.5. The third-order valence-electron chi connectivity index (χ3n) is 5.72. The zero-order valence-corrected chi connectivity index (χ0v) is 17.1. The number of sulfonamides is 1. The second-order valence-corrected chi connectivity index (χ2v) is 9.90. The van der Waals surface area contributed by atoms with Crippen molar-refractivity contribution >= 4 is 38.4 Å². The van der Waals surface area contributed by atoms with Crippen molar-refractivity contribution in [1.82, 2.24) is 9.21 Å². The quantitative estimate of drug-likeness (QED) is 0.620. The molecule has 3 rings (SSSR count). The van der Waals surface area contributed by atoms with Crippen LogP contribution in [0.1, 0.15) is 39.5 Å². The summed E-state index contributed by atoms with van der Waals surface area (Å²) >= 11 is 0. The summed E-state index contributed by atoms with van der Waals surface area (Å²) in [5, 5.41) is -0.568. The topological polar surface area (TPSA) is 147 Å². The maximum atomic E-state index is 12.9. The predicted molar refractivity (Wildman–Crippen MR) is 103 cm³/mol. The lowest BCUT2D eigenvalue weighted by Gasteiger charge is -2.26. The van der Waals surface area contributed by atoms with Gasteiger partial charge in [0.1, 0.15) is 6.04 Å². The highest BCUT2D eigenvalue weighted by Gasteiger charge is 2.54. The summed E-state index contributed by atoms with van der Waals surface area (Å²) in [7, 11) is -4.23. The summed E-state index contributed by atoms with van der Waals surface area (Å²) in [4.78, 5) is 53.8. The first-order valence-corrected chi connectivity index (χ1v) is 10.8. The Hall–Kier alpha value is -2.40. The van der Waals surface area contributed by atoms with E-state index in [-0.39, 0.29) is 38.1 Å². The number of ketones is 2. The molecule has 2 N–H and O–H groups in total. The normalized spacial score (nSPS) is 25.3. The van der Waals surface area contributed by atoms with Crippen LogP contribution in [0.25, 0.3) is 0 Å². The Kier molecular flexibility index (Phi) is 5.48. The molecular weight excluding hydrogens is 400 g/mol. The van der Waals surface area contributed by atoms with Crippen LogP contribution in [-0.4, -0.2) is 71.2 Å². The third-order valence-corrected chi connectivity index (χ3v) is 7.56. The number of likely N-dealkylation sites (tertiary alicyclic amines) is 1. The van der Waals surface area contributed by atoms with Crippen LogP contribution in [0.5, 0.6) is 0 Å². The number of allylic oxidation sites excluding steroid dienone is 1. The zero-order chi connectivity index (χ0) is 21.6. The highest BCUT2D eigenvalue weighted by molar-refractivity contribution is 8.06. The van der Waals surface area contributed by atoms with E-state index in [2.05, 4.69) is 4.99 Å². The third kappa shape index (κ3) is 3.76. The van der Waals surface area contributed by atoms with Crippen molar-refractivity contribution in [1.29, 1.82) is 0 Å². The van der Waals surface area contributed by atoms with Crippen LogP contribution in [0.4, 0.5) is 0 Å². The number of amides is 2. The molecule has 3 aliphatic rings. The van der Waals surface area contributed by atoms with E-state index in [9.17, 15) is 27.6 Å². The number of nitrogens with zero attached hydrogens (tertiary/aromatic N) is 3. The maximum Gasteiger partial charge on any atom is 0.264 e. The second kappa shape index (κ2) is 7.45. The van der Waals surface area contributed by atoms with Gasteiger partial charge in [0, 0.05) is 31.0 Å². The molecule has 0 radical (unpaired) electrons. The first kappa shape index (κ1) is 21.3. The van der Waals surface area contributed by atoms with Crippen LogP contribution in [0.3, 0.4) is 0 Å². The van der Waals surface area contributed by atoms with E-state index in [4.69, 9.17) is 5.73 Å². The van der Waals surface area contributed by atoms with Crippen molar-refractivity contribution in [2.24, 2.45) is 16.1 Å². The van der Waals surface area contributed by atoms with Crippen molar-refractivity contribution < 1.29 is 27.6 Å². The molecule has 2 amide bonds. The number of carbonyl (C=O) groups is 4. The standard InChI is InChI=1S/C18H24N4O6S/c1-18(2,17(19)26)7-5-14(25)21-9-6-11-15(21)13(24)10-22(11)29(27,28)16-12(23)4-3-8-20-16/h3,8,11,15H,4-7,9-10H2,1-2H3,(H2,19,26). The minimum atomic E-state index is -4.23. The fourth-order valence-electron chi connectivity index (χ4n) is 3.82. The van der Waals surface area contributed by atoms with Crippen LogP contribution >= 0.6 is 0 Å². The SMILES string of the molecule is CC(C)(CCC(=O)N1CCC2C1C(=O)CN2S(=O)(=O)C1=NC=CCC1=O)C(N)=O. The molecule has 2 fully saturated rings. The van der Waals surface area contributed by atoms with E-state index < -0.39 is 56.6 Å². The summed E-state index contributed by atoms with van der Waals surface area (Å²) in [6.45, 7) is 3.11. The van der Waals surface area contributed by atoms with Gasteiger partial charge in [-0.05, 0) is 12.8 Å². The minimum absolute atomic E-state index is 0.0230. The van der Waals surface area contributed by atoms with Crippen molar-refractivity contribution in [3.05, 3.63) is 12.3 Å². The van der Waals surface area contributed by atoms with E-state index in [1.165, 1.54) is 17.2 Å². The van der Waals surface area contributed by atoms with Gasteiger partial charge in [-0.2, -0.15) is 4.31 Å². The fraction of sp³-hybridized carbons (Fsp3) is 0.611. The van der Waals surface area contributed by atoms with Crippen LogP contribution in [-0.2, 0) is 29.2 Å². The number of primary amides is 1. The van der Waals surface area contributed by atoms with Crippen LogP contribution in [0, 0.1) is 5.41 Å². The van der Waals surface area contributed by atoms with Crippen LogP contribution in [0.15, 0.2) is 17.3 Å². The summed E-state index contributed by atoms with van der Waals surface area (Å²) in [6.07, 6.45) is 3.20. The molecule has 0 aliphatic carbocycles. The van der Waals surface area contributed by atoms with Crippen molar-refractivity contribution in [3.8, 4) is 0 Å². The Labute approximate surface area is 168 Å². The molecule has 0 spiro atoms. The minimum Gasteiger partial charge on any atom is -0.369 e. The summed E-state index contributed by atoms with van der Waals surface area (Å²) < 4.78 is 26.9. The molecule has 0 aromatic carbocycles. The molecule has 0 saturated carbocycles. The molecule has 29 heavy (non-hydrogen) atoms. The van der Waals surface area contributed by atoms with Gasteiger partial charge in [-0.1, -0.05) is 19.9 Å². The molecular formula is C18H24N4O6S. The van der Waals surface area contributed by atoms with Gasteiger partial charge in [-0.15, -0.1) is 0 Å². The lowest BCUT2D eigenvalue weighted by atomic mass is 9.87. The Bertz CT molecular complexity index is 936. The van der Waals surface area contributed by atoms with Crippen molar-refractivity contribution in [2.45, 2.75) is 51.6 Å². The maximum absolute atomic E-state index is 12.9. The molecule has 0 bridgehead atoms. The van der Waals surface area contributed by atoms with Gasteiger partial charge < -0.3 is 10.6 Å². The van der Waals surface area contributed by atoms with Crippen LogP contribution in [0.2, 0.25) is 0 Å². The van der Waals surface area contributed by atoms with E-state index in [1.807, 2.05) is 0 Å². The number of hydrogen-bond acceptors (Lipinski definition) is 7. The van der Waals surface area contributed by atoms with Crippen molar-refractivity contribution in [3.63, 3.8) is 0 Å². The number of hydrogen-bond donors (Lipinski definition) is 1. The van der Waals surface area contributed by atoms with E-state index in [0.717, 1.165) is 4.31 Å². The molecule has 2 unspecified atom stereocenters. The molecule has 0 aromatic rings. The first-order valence-electron chi connectivity index (χ1n) is 9.37. The molecule has 3 aliphatic heterocycles. The molecule has 10 nitrogen and oxygen atoms in total. The van der Waals surface area contributed by atoms with Gasteiger partial charge in [-0.25, -0.2) is 13.4 Å². The number of nitrogens with two attached hydrogens (primary N) is 1. The fourth-order valence-corrected chi connectivity index (χ4v) is 5.48. The lowest BCUT2D eigenvalue weighted by Crippen LogP contribution is -2.46. The Morgan fingerprint density at radius 2 is 2.00 bits per heavy atom. The summed E-state index contributed by atoms with van der Waals surface area (Å²) in [5.41, 5.74) is 4.47. The van der Waals surface area contributed by atoms with Gasteiger partial charge >= 0.3 is 0 Å². The molecule has 0 aromatic heterocycles. The summed E-state index contributed by atoms with van der Waals surface area (Å²) in [6, 6.07) is -1.61. The smallest absolute Gasteiger partial charge is 0.264 e. The molecule has 2 saturated heterocycles. The zero-order valence-electron chi connectivity index (χ0n) is 16.3. The largest absolute Gasteiger partial charge is 0.369 e. The van der Waals surface area contributed by atoms with Gasteiger partial charge in [0.15, 0.2) is 11.6 Å². The van der Waals surface area contributed by atoms with Gasteiger partial charge in [-0.3, -0.25) is 19.2 Å². The molecule has 3 heterocycles. The molecule has 158 valence electrons. The monoisotopic (exact) mass is 424 g/mol. The number of carbonyl (C=O) groups excluding carboxylic acids is 4.